The second kappa shape index (κ2) is 6.93. The molecular weight excluding hydrogens is 310 g/mol. The molecule has 0 atom stereocenters. The van der Waals surface area contributed by atoms with Crippen LogP contribution in [0.25, 0.3) is 0 Å². The molecular formula is C13H19N3O5S. The second-order valence-corrected chi connectivity index (χ2v) is 7.12. The first-order valence-corrected chi connectivity index (χ1v) is 8.69. The summed E-state index contributed by atoms with van der Waals surface area (Å²) in [7, 11) is -3.53. The van der Waals surface area contributed by atoms with Gasteiger partial charge in [-0.15, -0.1) is 0 Å². The lowest BCUT2D eigenvalue weighted by Crippen LogP contribution is -2.51. The van der Waals surface area contributed by atoms with E-state index >= 15 is 0 Å². The predicted molar refractivity (Wildman–Crippen MR) is 78.2 cm³/mol. The van der Waals surface area contributed by atoms with E-state index in [9.17, 15) is 18.0 Å². The zero-order chi connectivity index (χ0) is 16.2. The predicted octanol–water partition coefficient (Wildman–Crippen LogP) is -0.658. The van der Waals surface area contributed by atoms with Gasteiger partial charge in [0.15, 0.2) is 0 Å². The van der Waals surface area contributed by atoms with E-state index in [1.165, 1.54) is 6.26 Å². The van der Waals surface area contributed by atoms with Gasteiger partial charge in [-0.3, -0.25) is 9.59 Å². The average molecular weight is 329 g/mol. The number of furan rings is 1. The molecule has 2 rings (SSSR count). The summed E-state index contributed by atoms with van der Waals surface area (Å²) in [6, 6.07) is 3.32. The van der Waals surface area contributed by atoms with Gasteiger partial charge in [-0.1, -0.05) is 0 Å². The van der Waals surface area contributed by atoms with E-state index in [0.29, 0.717) is 31.9 Å². The molecule has 0 N–H and O–H groups in total. The Morgan fingerprint density at radius 2 is 2.05 bits per heavy atom. The minimum Gasteiger partial charge on any atom is -0.468 e. The Morgan fingerprint density at radius 3 is 2.55 bits per heavy atom. The van der Waals surface area contributed by atoms with Crippen LogP contribution < -0.4 is 0 Å². The summed E-state index contributed by atoms with van der Waals surface area (Å²) in [5, 5.41) is 0. The van der Waals surface area contributed by atoms with Crippen molar-refractivity contribution < 1.29 is 22.4 Å². The molecule has 0 aliphatic carbocycles. The van der Waals surface area contributed by atoms with Crippen LogP contribution in [0.3, 0.4) is 0 Å². The molecule has 1 aliphatic rings. The molecule has 0 bridgehead atoms. The van der Waals surface area contributed by atoms with Gasteiger partial charge in [-0.05, 0) is 12.1 Å². The first kappa shape index (κ1) is 16.5. The second-order valence-electron chi connectivity index (χ2n) is 5.13. The molecule has 22 heavy (non-hydrogen) atoms. The van der Waals surface area contributed by atoms with Gasteiger partial charge in [0.25, 0.3) is 0 Å². The molecule has 1 fully saturated rings. The average Bonchev–Trinajstić information content (AvgIpc) is 2.98. The van der Waals surface area contributed by atoms with Crippen LogP contribution in [0.1, 0.15) is 5.76 Å². The Labute approximate surface area is 129 Å². The maximum absolute atomic E-state index is 12.3. The van der Waals surface area contributed by atoms with Crippen molar-refractivity contribution in [1.29, 1.82) is 0 Å². The normalized spacial score (nSPS) is 16.1. The van der Waals surface area contributed by atoms with Crippen molar-refractivity contribution in [2.45, 2.75) is 6.54 Å². The van der Waals surface area contributed by atoms with Crippen molar-refractivity contribution in [3.05, 3.63) is 24.2 Å². The molecule has 1 aliphatic heterocycles. The van der Waals surface area contributed by atoms with E-state index in [-0.39, 0.29) is 19.0 Å². The topological polar surface area (TPSA) is 91.1 Å². The van der Waals surface area contributed by atoms with Gasteiger partial charge in [-0.2, -0.15) is 4.31 Å². The van der Waals surface area contributed by atoms with Crippen LogP contribution in [-0.4, -0.2) is 73.8 Å². The first-order chi connectivity index (χ1) is 10.4. The van der Waals surface area contributed by atoms with Gasteiger partial charge in [0, 0.05) is 26.2 Å². The number of nitrogens with zero attached hydrogens (tertiary/aromatic N) is 3. The van der Waals surface area contributed by atoms with Gasteiger partial charge in [0.1, 0.15) is 5.76 Å². The number of hydrogen-bond acceptors (Lipinski definition) is 5. The Morgan fingerprint density at radius 1 is 1.36 bits per heavy atom. The van der Waals surface area contributed by atoms with Crippen molar-refractivity contribution in [3.8, 4) is 0 Å². The van der Waals surface area contributed by atoms with Crippen molar-refractivity contribution in [2.75, 3.05) is 39.0 Å². The third kappa shape index (κ3) is 4.31. The Kier molecular flexibility index (Phi) is 5.19. The fraction of sp³-hybridized carbons (Fsp3) is 0.538. The van der Waals surface area contributed by atoms with E-state index in [0.717, 1.165) is 17.0 Å². The first-order valence-electron chi connectivity index (χ1n) is 6.85. The number of hydrogen-bond donors (Lipinski definition) is 0. The number of carbonyl (C=O) groups excluding carboxylic acids is 2. The smallest absolute Gasteiger partial charge is 0.238 e. The molecule has 0 radical (unpaired) electrons. The molecule has 0 saturated carbocycles. The summed E-state index contributed by atoms with van der Waals surface area (Å²) in [5.41, 5.74) is 0. The zero-order valence-corrected chi connectivity index (χ0v) is 13.2. The summed E-state index contributed by atoms with van der Waals surface area (Å²) in [6.45, 7) is 1.54. The molecule has 0 aromatic carbocycles. The van der Waals surface area contributed by atoms with E-state index < -0.39 is 10.0 Å². The number of rotatable bonds is 6. The standard InChI is InChI=1S/C13H19N3O5S/c1-22(19,20)16(9-12-3-2-8-21-12)10-13(18)15-6-4-14(11-17)5-7-15/h2-3,8,11H,4-7,9-10H2,1H3. The maximum atomic E-state index is 12.3. The van der Waals surface area contributed by atoms with Crippen molar-refractivity contribution >= 4 is 22.3 Å². The van der Waals surface area contributed by atoms with E-state index in [1.54, 1.807) is 21.9 Å². The number of sulfonamides is 1. The van der Waals surface area contributed by atoms with Crippen molar-refractivity contribution in [1.82, 2.24) is 14.1 Å². The Bertz CT molecular complexity index is 606. The lowest BCUT2D eigenvalue weighted by molar-refractivity contribution is -0.135. The fourth-order valence-electron chi connectivity index (χ4n) is 2.19. The molecule has 2 heterocycles. The van der Waals surface area contributed by atoms with Gasteiger partial charge in [0.2, 0.25) is 22.3 Å². The summed E-state index contributed by atoms with van der Waals surface area (Å²) >= 11 is 0. The number of amides is 2. The highest BCUT2D eigenvalue weighted by Gasteiger charge is 2.26. The third-order valence-corrected chi connectivity index (χ3v) is 4.71. The highest BCUT2D eigenvalue weighted by molar-refractivity contribution is 7.88. The Balaban J connectivity index is 1.98. The van der Waals surface area contributed by atoms with Gasteiger partial charge >= 0.3 is 0 Å². The summed E-state index contributed by atoms with van der Waals surface area (Å²) < 4.78 is 29.9. The molecule has 8 nitrogen and oxygen atoms in total. The summed E-state index contributed by atoms with van der Waals surface area (Å²) in [6.07, 6.45) is 3.27. The maximum Gasteiger partial charge on any atom is 0.238 e. The lowest BCUT2D eigenvalue weighted by atomic mass is 10.3. The highest BCUT2D eigenvalue weighted by Crippen LogP contribution is 2.10. The van der Waals surface area contributed by atoms with Crippen LogP contribution in [0.15, 0.2) is 22.8 Å². The largest absolute Gasteiger partial charge is 0.468 e. The van der Waals surface area contributed by atoms with Gasteiger partial charge in [0.05, 0.1) is 25.6 Å². The van der Waals surface area contributed by atoms with E-state index in [2.05, 4.69) is 0 Å². The van der Waals surface area contributed by atoms with Crippen molar-refractivity contribution in [2.24, 2.45) is 0 Å². The van der Waals surface area contributed by atoms with Gasteiger partial charge in [-0.25, -0.2) is 8.42 Å². The minimum atomic E-state index is -3.53. The van der Waals surface area contributed by atoms with Crippen LogP contribution in [0.4, 0.5) is 0 Å². The minimum absolute atomic E-state index is 0.0197. The third-order valence-electron chi connectivity index (χ3n) is 3.51. The molecule has 0 spiro atoms. The molecule has 1 saturated heterocycles. The molecule has 1 aromatic rings. The molecule has 9 heteroatoms. The van der Waals surface area contributed by atoms with Crippen molar-refractivity contribution in [3.63, 3.8) is 0 Å². The van der Waals surface area contributed by atoms with E-state index in [1.807, 2.05) is 0 Å². The monoisotopic (exact) mass is 329 g/mol. The molecule has 2 amide bonds. The van der Waals surface area contributed by atoms with Crippen LogP contribution in [-0.2, 0) is 26.2 Å². The quantitative estimate of drug-likeness (QED) is 0.646. The summed E-state index contributed by atoms with van der Waals surface area (Å²) in [4.78, 5) is 26.1. The fourth-order valence-corrected chi connectivity index (χ4v) is 2.90. The molecule has 122 valence electrons. The van der Waals surface area contributed by atoms with Crippen LogP contribution >= 0.6 is 0 Å². The van der Waals surface area contributed by atoms with E-state index in [4.69, 9.17) is 4.42 Å². The van der Waals surface area contributed by atoms with Crippen LogP contribution in [0, 0.1) is 0 Å². The number of carbonyl (C=O) groups is 2. The summed E-state index contributed by atoms with van der Waals surface area (Å²) in [5.74, 6) is 0.200. The highest BCUT2D eigenvalue weighted by atomic mass is 32.2. The SMILES string of the molecule is CS(=O)(=O)N(CC(=O)N1CCN(C=O)CC1)Cc1ccco1. The molecule has 1 aromatic heterocycles. The number of piperazine rings is 1. The zero-order valence-electron chi connectivity index (χ0n) is 12.3. The van der Waals surface area contributed by atoms with Crippen LogP contribution in [0.5, 0.6) is 0 Å². The Hall–Kier alpha value is -1.87. The van der Waals surface area contributed by atoms with Gasteiger partial charge < -0.3 is 14.2 Å². The molecule has 0 unspecified atom stereocenters. The van der Waals surface area contributed by atoms with Crippen LogP contribution in [0.2, 0.25) is 0 Å². The lowest BCUT2D eigenvalue weighted by Gasteiger charge is -2.33.